The molecule has 1 aromatic heterocycles. The van der Waals surface area contributed by atoms with Gasteiger partial charge in [-0.3, -0.25) is 9.69 Å². The number of nitrogens with zero attached hydrogens (tertiary/aromatic N) is 3. The maximum absolute atomic E-state index is 13.3. The zero-order valence-electron chi connectivity index (χ0n) is 19.7. The molecule has 6 nitrogen and oxygen atoms in total. The Morgan fingerprint density at radius 3 is 2.54 bits per heavy atom. The Bertz CT molecular complexity index is 1170. The molecule has 1 saturated heterocycles. The maximum atomic E-state index is 13.3. The fourth-order valence-corrected chi connectivity index (χ4v) is 4.55. The quantitative estimate of drug-likeness (QED) is 0.456. The second kappa shape index (κ2) is 10.5. The normalized spacial score (nSPS) is 16.9. The van der Waals surface area contributed by atoms with Gasteiger partial charge in [-0.25, -0.2) is 4.98 Å². The predicted molar refractivity (Wildman–Crippen MR) is 128 cm³/mol. The second-order valence-corrected chi connectivity index (χ2v) is 8.44. The van der Waals surface area contributed by atoms with Crippen LogP contribution in [0, 0.1) is 0 Å². The molecule has 0 amide bonds. The van der Waals surface area contributed by atoms with Crippen LogP contribution < -0.4 is 9.64 Å². The minimum Gasteiger partial charge on any atom is -0.494 e. The second-order valence-electron chi connectivity index (χ2n) is 8.44. The molecule has 0 N–H and O–H groups in total. The number of rotatable bonds is 7. The van der Waals surface area contributed by atoms with Gasteiger partial charge in [-0.1, -0.05) is 30.3 Å². The van der Waals surface area contributed by atoms with Gasteiger partial charge >= 0.3 is 12.1 Å². The van der Waals surface area contributed by atoms with Gasteiger partial charge in [0.25, 0.3) is 0 Å². The first-order valence-electron chi connectivity index (χ1n) is 11.5. The number of hydrogen-bond donors (Lipinski definition) is 0. The van der Waals surface area contributed by atoms with E-state index in [9.17, 15) is 18.0 Å². The highest BCUT2D eigenvalue weighted by molar-refractivity contribution is 5.96. The van der Waals surface area contributed by atoms with Gasteiger partial charge < -0.3 is 14.4 Å². The molecule has 186 valence electrons. The summed E-state index contributed by atoms with van der Waals surface area (Å²) in [5.41, 5.74) is 1.15. The number of carbonyl (C=O) groups is 1. The lowest BCUT2D eigenvalue weighted by atomic mass is 10.0. The summed E-state index contributed by atoms with van der Waals surface area (Å²) in [6.07, 6.45) is -3.82. The van der Waals surface area contributed by atoms with Crippen LogP contribution in [0.4, 0.5) is 18.9 Å². The van der Waals surface area contributed by atoms with Crippen LogP contribution in [0.1, 0.15) is 18.2 Å². The van der Waals surface area contributed by atoms with Gasteiger partial charge in [0.15, 0.2) is 0 Å². The number of fused-ring (bicyclic) bond motifs is 1. The van der Waals surface area contributed by atoms with Crippen molar-refractivity contribution >= 4 is 22.6 Å². The lowest BCUT2D eigenvalue weighted by Gasteiger charge is -2.42. The van der Waals surface area contributed by atoms with Crippen LogP contribution in [0.5, 0.6) is 5.75 Å². The molecule has 35 heavy (non-hydrogen) atoms. The third-order valence-electron chi connectivity index (χ3n) is 6.20. The zero-order chi connectivity index (χ0) is 25.0. The number of aromatic nitrogens is 1. The van der Waals surface area contributed by atoms with E-state index in [1.807, 2.05) is 36.4 Å². The minimum atomic E-state index is -4.55. The van der Waals surface area contributed by atoms with Gasteiger partial charge in [-0.2, -0.15) is 13.2 Å². The molecule has 9 heteroatoms. The van der Waals surface area contributed by atoms with Gasteiger partial charge in [0.2, 0.25) is 0 Å². The number of pyridine rings is 1. The molecule has 1 fully saturated rings. The van der Waals surface area contributed by atoms with Gasteiger partial charge in [0.1, 0.15) is 17.0 Å². The van der Waals surface area contributed by atoms with Gasteiger partial charge in [-0.15, -0.1) is 0 Å². The summed E-state index contributed by atoms with van der Waals surface area (Å²) in [6.45, 7) is 4.11. The number of ether oxygens (including phenoxy) is 2. The summed E-state index contributed by atoms with van der Waals surface area (Å²) in [7, 11) is 1.42. The SMILES string of the molecule is CCOC(=O)CN1CCN(c2ccc(OC)c3nc(C(F)(F)F)ccc23)CC1Cc1ccccc1. The van der Waals surface area contributed by atoms with Crippen molar-refractivity contribution in [1.82, 2.24) is 9.88 Å². The molecule has 1 aliphatic rings. The fraction of sp³-hybridized carbons (Fsp3) is 0.385. The molecule has 1 atom stereocenters. The molecule has 2 aromatic carbocycles. The summed E-state index contributed by atoms with van der Waals surface area (Å²) < 4.78 is 50.4. The number of halogens is 3. The summed E-state index contributed by atoms with van der Waals surface area (Å²) in [5.74, 6) is 0.0226. The van der Waals surface area contributed by atoms with Crippen LogP contribution >= 0.6 is 0 Å². The Morgan fingerprint density at radius 2 is 1.86 bits per heavy atom. The van der Waals surface area contributed by atoms with E-state index in [1.165, 1.54) is 13.2 Å². The maximum Gasteiger partial charge on any atom is 0.433 e. The third kappa shape index (κ3) is 5.67. The van der Waals surface area contributed by atoms with E-state index < -0.39 is 11.9 Å². The fourth-order valence-electron chi connectivity index (χ4n) is 4.55. The topological polar surface area (TPSA) is 54.9 Å². The van der Waals surface area contributed by atoms with Crippen molar-refractivity contribution in [1.29, 1.82) is 0 Å². The van der Waals surface area contributed by atoms with Crippen LogP contribution in [0.2, 0.25) is 0 Å². The molecule has 4 rings (SSSR count). The van der Waals surface area contributed by atoms with Crippen molar-refractivity contribution in [2.45, 2.75) is 25.6 Å². The van der Waals surface area contributed by atoms with E-state index in [2.05, 4.69) is 14.8 Å². The Hall–Kier alpha value is -3.33. The molecule has 1 unspecified atom stereocenters. The number of hydrogen-bond acceptors (Lipinski definition) is 6. The predicted octanol–water partition coefficient (Wildman–Crippen LogP) is 4.56. The van der Waals surface area contributed by atoms with Gasteiger partial charge in [0.05, 0.1) is 20.3 Å². The standard InChI is InChI=1S/C26H28F3N3O3/c1-3-35-24(33)17-31-13-14-32(16-19(31)15-18-7-5-4-6-8-18)21-10-11-22(34-2)25-20(21)9-12-23(30-25)26(27,28)29/h4-12,19H,3,13-17H2,1-2H3. The van der Waals surface area contributed by atoms with Crippen LogP contribution in [-0.2, 0) is 22.1 Å². The Balaban J connectivity index is 1.66. The monoisotopic (exact) mass is 487 g/mol. The number of anilines is 1. The van der Waals surface area contributed by atoms with Crippen LogP contribution in [0.25, 0.3) is 10.9 Å². The summed E-state index contributed by atoms with van der Waals surface area (Å²) in [5, 5.41) is 0.592. The zero-order valence-corrected chi connectivity index (χ0v) is 19.7. The van der Waals surface area contributed by atoms with Crippen LogP contribution in [-0.4, -0.2) is 61.8 Å². The highest BCUT2D eigenvalue weighted by atomic mass is 19.4. The number of benzene rings is 2. The summed E-state index contributed by atoms with van der Waals surface area (Å²) in [6, 6.07) is 16.0. The number of methoxy groups -OCH3 is 1. The Kier molecular flexibility index (Phi) is 7.45. The van der Waals surface area contributed by atoms with Crippen molar-refractivity contribution in [3.05, 3.63) is 65.9 Å². The van der Waals surface area contributed by atoms with E-state index in [0.717, 1.165) is 23.7 Å². The first kappa shape index (κ1) is 24.8. The highest BCUT2D eigenvalue weighted by Gasteiger charge is 2.34. The van der Waals surface area contributed by atoms with Crippen LogP contribution in [0.15, 0.2) is 54.6 Å². The number of esters is 1. The summed E-state index contributed by atoms with van der Waals surface area (Å²) >= 11 is 0. The largest absolute Gasteiger partial charge is 0.494 e. The Morgan fingerprint density at radius 1 is 1.09 bits per heavy atom. The molecular formula is C26H28F3N3O3. The molecule has 0 saturated carbocycles. The average Bonchev–Trinajstić information content (AvgIpc) is 2.84. The van der Waals surface area contributed by atoms with E-state index in [0.29, 0.717) is 31.6 Å². The molecule has 3 aromatic rings. The Labute approximate surface area is 202 Å². The lowest BCUT2D eigenvalue weighted by molar-refractivity contribution is -0.145. The molecule has 0 bridgehead atoms. The van der Waals surface area contributed by atoms with Gasteiger partial charge in [0, 0.05) is 36.7 Å². The number of carbonyl (C=O) groups excluding carboxylic acids is 1. The van der Waals surface area contributed by atoms with Crippen LogP contribution in [0.3, 0.4) is 0 Å². The molecule has 0 aliphatic carbocycles. The average molecular weight is 488 g/mol. The smallest absolute Gasteiger partial charge is 0.433 e. The molecular weight excluding hydrogens is 459 g/mol. The minimum absolute atomic E-state index is 0.00937. The first-order chi connectivity index (χ1) is 16.8. The third-order valence-corrected chi connectivity index (χ3v) is 6.20. The van der Waals surface area contributed by atoms with Crippen molar-refractivity contribution in [2.75, 3.05) is 44.8 Å². The number of piperazine rings is 1. The lowest BCUT2D eigenvalue weighted by Crippen LogP contribution is -2.55. The van der Waals surface area contributed by atoms with E-state index >= 15 is 0 Å². The van der Waals surface area contributed by atoms with Crippen molar-refractivity contribution < 1.29 is 27.4 Å². The van der Waals surface area contributed by atoms with Crippen molar-refractivity contribution in [3.63, 3.8) is 0 Å². The summed E-state index contributed by atoms with van der Waals surface area (Å²) in [4.78, 5) is 20.4. The molecule has 0 spiro atoms. The molecule has 1 aliphatic heterocycles. The van der Waals surface area contributed by atoms with Crippen molar-refractivity contribution in [2.24, 2.45) is 0 Å². The van der Waals surface area contributed by atoms with Crippen molar-refractivity contribution in [3.8, 4) is 5.75 Å². The van der Waals surface area contributed by atoms with Gasteiger partial charge in [-0.05, 0) is 43.2 Å². The van der Waals surface area contributed by atoms with E-state index in [1.54, 1.807) is 13.0 Å². The molecule has 0 radical (unpaired) electrons. The van der Waals surface area contributed by atoms with E-state index in [4.69, 9.17) is 9.47 Å². The molecule has 2 heterocycles. The highest BCUT2D eigenvalue weighted by Crippen LogP contribution is 2.37. The van der Waals surface area contributed by atoms with E-state index in [-0.39, 0.29) is 29.8 Å². The number of alkyl halides is 3. The first-order valence-corrected chi connectivity index (χ1v) is 11.5.